The number of hydrogen-bond acceptors (Lipinski definition) is 2. The van der Waals surface area contributed by atoms with Crippen LogP contribution in [0.2, 0.25) is 5.02 Å². The summed E-state index contributed by atoms with van der Waals surface area (Å²) in [4.78, 5) is 12.0. The van der Waals surface area contributed by atoms with Crippen LogP contribution in [-0.2, 0) is 4.79 Å². The van der Waals surface area contributed by atoms with Crippen molar-refractivity contribution in [2.75, 3.05) is 6.54 Å². The smallest absolute Gasteiger partial charge is 0.260 e. The number of carbonyl (C=O) groups is 1. The average Bonchev–Trinajstić information content (AvgIpc) is 2.52. The van der Waals surface area contributed by atoms with E-state index in [-0.39, 0.29) is 5.91 Å². The van der Waals surface area contributed by atoms with E-state index in [1.165, 1.54) is 38.5 Å². The molecule has 0 aliphatic rings. The van der Waals surface area contributed by atoms with Crippen LogP contribution in [0.5, 0.6) is 5.75 Å². The normalized spacial score (nSPS) is 12.0. The minimum Gasteiger partial charge on any atom is -0.481 e. The monoisotopic (exact) mass is 339 g/mol. The molecule has 0 heterocycles. The lowest BCUT2D eigenvalue weighted by Crippen LogP contribution is -2.36. The molecule has 0 aromatic heterocycles. The molecule has 0 bridgehead atoms. The predicted molar refractivity (Wildman–Crippen MR) is 97.3 cm³/mol. The number of carbonyl (C=O) groups excluding carboxylic acids is 1. The van der Waals surface area contributed by atoms with Gasteiger partial charge in [0.2, 0.25) is 0 Å². The van der Waals surface area contributed by atoms with E-state index in [0.717, 1.165) is 18.5 Å². The molecule has 0 saturated heterocycles. The van der Waals surface area contributed by atoms with Crippen LogP contribution >= 0.6 is 11.6 Å². The van der Waals surface area contributed by atoms with Crippen LogP contribution in [0.15, 0.2) is 18.2 Å². The fourth-order valence-corrected chi connectivity index (χ4v) is 2.65. The molecule has 1 rings (SSSR count). The van der Waals surface area contributed by atoms with Crippen molar-refractivity contribution in [3.8, 4) is 5.75 Å². The van der Waals surface area contributed by atoms with Crippen molar-refractivity contribution in [3.63, 3.8) is 0 Å². The van der Waals surface area contributed by atoms with Gasteiger partial charge in [0.1, 0.15) is 5.75 Å². The van der Waals surface area contributed by atoms with E-state index in [9.17, 15) is 4.79 Å². The van der Waals surface area contributed by atoms with E-state index in [1.807, 2.05) is 13.0 Å². The van der Waals surface area contributed by atoms with Crippen molar-refractivity contribution in [1.82, 2.24) is 5.32 Å². The molecule has 1 aromatic rings. The maximum Gasteiger partial charge on any atom is 0.260 e. The first-order chi connectivity index (χ1) is 11.0. The number of benzene rings is 1. The molecule has 4 heteroatoms. The fourth-order valence-electron chi connectivity index (χ4n) is 2.43. The highest BCUT2D eigenvalue weighted by atomic mass is 35.5. The first-order valence-corrected chi connectivity index (χ1v) is 9.13. The van der Waals surface area contributed by atoms with Gasteiger partial charge in [-0.05, 0) is 44.0 Å². The standard InChI is InChI=1S/C19H30ClNO2/c1-4-5-6-7-8-9-10-13-21-19(22)16(3)23-18-12-11-17(20)14-15(18)2/h11-12,14,16H,4-10,13H2,1-3H3,(H,21,22). The van der Waals surface area contributed by atoms with Crippen LogP contribution in [0, 0.1) is 6.92 Å². The zero-order valence-corrected chi connectivity index (χ0v) is 15.4. The Balaban J connectivity index is 2.19. The molecule has 0 radical (unpaired) electrons. The predicted octanol–water partition coefficient (Wildman–Crippen LogP) is 5.28. The molecule has 3 nitrogen and oxygen atoms in total. The highest BCUT2D eigenvalue weighted by molar-refractivity contribution is 6.30. The van der Waals surface area contributed by atoms with Crippen molar-refractivity contribution >= 4 is 17.5 Å². The molecule has 1 atom stereocenters. The van der Waals surface area contributed by atoms with Gasteiger partial charge in [-0.1, -0.05) is 57.0 Å². The number of unbranched alkanes of at least 4 members (excludes halogenated alkanes) is 6. The zero-order valence-electron chi connectivity index (χ0n) is 14.7. The number of aryl methyl sites for hydroxylation is 1. The summed E-state index contributed by atoms with van der Waals surface area (Å²) in [6, 6.07) is 5.41. The Morgan fingerprint density at radius 2 is 1.83 bits per heavy atom. The van der Waals surface area contributed by atoms with E-state index >= 15 is 0 Å². The summed E-state index contributed by atoms with van der Waals surface area (Å²) in [6.45, 7) is 6.64. The van der Waals surface area contributed by atoms with Gasteiger partial charge in [-0.25, -0.2) is 0 Å². The van der Waals surface area contributed by atoms with Crippen LogP contribution in [0.3, 0.4) is 0 Å². The largest absolute Gasteiger partial charge is 0.481 e. The lowest BCUT2D eigenvalue weighted by molar-refractivity contribution is -0.127. The summed E-state index contributed by atoms with van der Waals surface area (Å²) >= 11 is 5.92. The number of rotatable bonds is 11. The minimum atomic E-state index is -0.501. The van der Waals surface area contributed by atoms with Gasteiger partial charge in [0.05, 0.1) is 0 Å². The van der Waals surface area contributed by atoms with Crippen molar-refractivity contribution in [1.29, 1.82) is 0 Å². The van der Waals surface area contributed by atoms with Crippen LogP contribution in [0.25, 0.3) is 0 Å². The number of hydrogen-bond donors (Lipinski definition) is 1. The summed E-state index contributed by atoms with van der Waals surface area (Å²) < 4.78 is 5.71. The summed E-state index contributed by atoms with van der Waals surface area (Å²) in [6.07, 6.45) is 8.20. The van der Waals surface area contributed by atoms with Crippen molar-refractivity contribution in [2.45, 2.75) is 71.8 Å². The summed E-state index contributed by atoms with van der Waals surface area (Å²) in [5.74, 6) is 0.637. The van der Waals surface area contributed by atoms with Gasteiger partial charge in [-0.15, -0.1) is 0 Å². The van der Waals surface area contributed by atoms with Gasteiger partial charge >= 0.3 is 0 Å². The van der Waals surface area contributed by atoms with Gasteiger partial charge < -0.3 is 10.1 Å². The summed E-state index contributed by atoms with van der Waals surface area (Å²) in [5.41, 5.74) is 0.934. The third-order valence-corrected chi connectivity index (χ3v) is 4.12. The molecule has 0 saturated carbocycles. The second-order valence-corrected chi connectivity index (χ2v) is 6.52. The molecule has 1 aromatic carbocycles. The lowest BCUT2D eigenvalue weighted by Gasteiger charge is -2.16. The number of halogens is 1. The highest BCUT2D eigenvalue weighted by Gasteiger charge is 2.15. The molecular formula is C19H30ClNO2. The second-order valence-electron chi connectivity index (χ2n) is 6.08. The quantitative estimate of drug-likeness (QED) is 0.557. The average molecular weight is 340 g/mol. The number of ether oxygens (including phenoxy) is 1. The number of nitrogens with one attached hydrogen (secondary N) is 1. The van der Waals surface area contributed by atoms with Gasteiger partial charge in [-0.2, -0.15) is 0 Å². The third-order valence-electron chi connectivity index (χ3n) is 3.89. The Bertz CT molecular complexity index is 476. The Hall–Kier alpha value is -1.22. The van der Waals surface area contributed by atoms with E-state index in [2.05, 4.69) is 12.2 Å². The van der Waals surface area contributed by atoms with Gasteiger partial charge in [0, 0.05) is 11.6 Å². The maximum absolute atomic E-state index is 12.0. The molecule has 0 aliphatic carbocycles. The van der Waals surface area contributed by atoms with Gasteiger partial charge in [0.15, 0.2) is 6.10 Å². The fraction of sp³-hybridized carbons (Fsp3) is 0.632. The first kappa shape index (κ1) is 19.8. The summed E-state index contributed by atoms with van der Waals surface area (Å²) in [7, 11) is 0. The molecular weight excluding hydrogens is 310 g/mol. The maximum atomic E-state index is 12.0. The third kappa shape index (κ3) is 8.26. The van der Waals surface area contributed by atoms with Crippen molar-refractivity contribution in [2.24, 2.45) is 0 Å². The number of amides is 1. The molecule has 0 spiro atoms. The zero-order chi connectivity index (χ0) is 17.1. The Morgan fingerprint density at radius 3 is 2.48 bits per heavy atom. The van der Waals surface area contributed by atoms with E-state index in [1.54, 1.807) is 19.1 Å². The van der Waals surface area contributed by atoms with E-state index < -0.39 is 6.10 Å². The van der Waals surface area contributed by atoms with E-state index in [0.29, 0.717) is 10.8 Å². The first-order valence-electron chi connectivity index (χ1n) is 8.75. The second kappa shape index (κ2) is 11.3. The van der Waals surface area contributed by atoms with Crippen LogP contribution in [0.4, 0.5) is 0 Å². The lowest BCUT2D eigenvalue weighted by atomic mass is 10.1. The Morgan fingerprint density at radius 1 is 1.17 bits per heavy atom. The van der Waals surface area contributed by atoms with Crippen LogP contribution in [-0.4, -0.2) is 18.6 Å². The van der Waals surface area contributed by atoms with E-state index in [4.69, 9.17) is 16.3 Å². The van der Waals surface area contributed by atoms with Gasteiger partial charge in [-0.3, -0.25) is 4.79 Å². The SMILES string of the molecule is CCCCCCCCCNC(=O)C(C)Oc1ccc(Cl)cc1C. The highest BCUT2D eigenvalue weighted by Crippen LogP contribution is 2.22. The van der Waals surface area contributed by atoms with Gasteiger partial charge in [0.25, 0.3) is 5.91 Å². The molecule has 0 aliphatic heterocycles. The van der Waals surface area contributed by atoms with Crippen molar-refractivity contribution < 1.29 is 9.53 Å². The molecule has 1 unspecified atom stereocenters. The molecule has 1 N–H and O–H groups in total. The van der Waals surface area contributed by atoms with Crippen LogP contribution in [0.1, 0.15) is 64.4 Å². The Kier molecular flexibility index (Phi) is 9.77. The Labute approximate surface area is 145 Å². The molecule has 23 heavy (non-hydrogen) atoms. The van der Waals surface area contributed by atoms with Crippen molar-refractivity contribution in [3.05, 3.63) is 28.8 Å². The summed E-state index contributed by atoms with van der Waals surface area (Å²) in [5, 5.41) is 3.62. The molecule has 130 valence electrons. The topological polar surface area (TPSA) is 38.3 Å². The molecule has 1 amide bonds. The molecule has 0 fully saturated rings. The van der Waals surface area contributed by atoms with Crippen LogP contribution < -0.4 is 10.1 Å². The minimum absolute atomic E-state index is 0.0645.